The Balaban J connectivity index is 2.07. The van der Waals surface area contributed by atoms with Crippen molar-refractivity contribution in [2.24, 2.45) is 0 Å². The number of nitrogens with one attached hydrogen (secondary N) is 3. The fourth-order valence-electron chi connectivity index (χ4n) is 2.84. The summed E-state index contributed by atoms with van der Waals surface area (Å²) in [5.74, 6) is 0.0324. The molecule has 142 valence electrons. The van der Waals surface area contributed by atoms with Gasteiger partial charge in [0.1, 0.15) is 17.9 Å². The first-order valence-electron chi connectivity index (χ1n) is 8.19. The Morgan fingerprint density at radius 1 is 1.27 bits per heavy atom. The second-order valence-electron chi connectivity index (χ2n) is 5.82. The van der Waals surface area contributed by atoms with Crippen molar-refractivity contribution in [1.29, 1.82) is 0 Å². The summed E-state index contributed by atoms with van der Waals surface area (Å²) in [7, 11) is 4.30. The van der Waals surface area contributed by atoms with Crippen molar-refractivity contribution in [3.05, 3.63) is 18.2 Å². The quantitative estimate of drug-likeness (QED) is 0.512. The van der Waals surface area contributed by atoms with Gasteiger partial charge < -0.3 is 29.7 Å². The van der Waals surface area contributed by atoms with Crippen LogP contribution >= 0.6 is 0 Å². The van der Waals surface area contributed by atoms with E-state index in [0.717, 1.165) is 0 Å². The predicted molar refractivity (Wildman–Crippen MR) is 92.3 cm³/mol. The van der Waals surface area contributed by atoms with Crippen molar-refractivity contribution in [3.8, 4) is 11.5 Å². The summed E-state index contributed by atoms with van der Waals surface area (Å²) in [5.41, 5.74) is 0.474. The summed E-state index contributed by atoms with van der Waals surface area (Å²) in [6.07, 6.45) is -0.0760. The largest absolute Gasteiger partial charge is 0.497 e. The lowest BCUT2D eigenvalue weighted by atomic mass is 10.1. The summed E-state index contributed by atoms with van der Waals surface area (Å²) in [6.45, 7) is 1.02. The molecule has 1 aromatic rings. The maximum absolute atomic E-state index is 12.5. The number of carbonyl (C=O) groups excluding carboxylic acids is 3. The third-order valence-corrected chi connectivity index (χ3v) is 4.22. The highest BCUT2D eigenvalue weighted by Crippen LogP contribution is 2.28. The van der Waals surface area contributed by atoms with Gasteiger partial charge in [-0.2, -0.15) is 0 Å². The van der Waals surface area contributed by atoms with E-state index < -0.39 is 12.0 Å². The number of amides is 2. The molecule has 1 unspecified atom stereocenters. The number of rotatable bonds is 7. The van der Waals surface area contributed by atoms with Crippen LogP contribution in [0.5, 0.6) is 11.5 Å². The zero-order valence-corrected chi connectivity index (χ0v) is 15.1. The summed E-state index contributed by atoms with van der Waals surface area (Å²) in [6, 6.07) is 4.41. The zero-order chi connectivity index (χ0) is 19.1. The first-order chi connectivity index (χ1) is 12.5. The number of hydrogen-bond acceptors (Lipinski definition) is 6. The number of piperazine rings is 1. The molecule has 0 saturated carbocycles. The van der Waals surface area contributed by atoms with Gasteiger partial charge in [0, 0.05) is 6.07 Å². The first-order valence-corrected chi connectivity index (χ1v) is 8.19. The minimum absolute atomic E-state index is 0.0371. The normalized spacial score (nSPS) is 19.3. The van der Waals surface area contributed by atoms with E-state index >= 15 is 0 Å². The fraction of sp³-hybridized carbons (Fsp3) is 0.471. The summed E-state index contributed by atoms with van der Waals surface area (Å²) in [5, 5.41) is 5.49. The molecule has 0 spiro atoms. The number of methoxy groups -OCH3 is 3. The lowest BCUT2D eigenvalue weighted by Gasteiger charge is -2.30. The molecule has 3 N–H and O–H groups in total. The van der Waals surface area contributed by atoms with Crippen molar-refractivity contribution >= 4 is 23.5 Å². The SMILES string of the molecule is COC(=O)C[C@@H]1C(=O)NCC[NH+]1CC(=O)Nc1cc(OC)ccc1OC. The monoisotopic (exact) mass is 366 g/mol. The molecule has 9 nitrogen and oxygen atoms in total. The average Bonchev–Trinajstić information content (AvgIpc) is 2.64. The molecule has 0 radical (unpaired) electrons. The highest BCUT2D eigenvalue weighted by molar-refractivity contribution is 5.93. The average molecular weight is 366 g/mol. The first kappa shape index (κ1) is 19.5. The Kier molecular flexibility index (Phi) is 6.79. The van der Waals surface area contributed by atoms with Crippen molar-refractivity contribution in [2.75, 3.05) is 46.3 Å². The summed E-state index contributed by atoms with van der Waals surface area (Å²) in [4.78, 5) is 36.8. The van der Waals surface area contributed by atoms with Crippen LogP contribution < -0.4 is 25.0 Å². The fourth-order valence-corrected chi connectivity index (χ4v) is 2.84. The van der Waals surface area contributed by atoms with E-state index in [1.54, 1.807) is 18.2 Å². The Hall–Kier alpha value is -2.81. The molecule has 9 heteroatoms. The second-order valence-corrected chi connectivity index (χ2v) is 5.82. The minimum Gasteiger partial charge on any atom is -0.497 e. The maximum atomic E-state index is 12.5. The van der Waals surface area contributed by atoms with Crippen molar-refractivity contribution in [1.82, 2.24) is 5.32 Å². The molecule has 1 fully saturated rings. The molecule has 2 rings (SSSR count). The molecule has 1 aromatic carbocycles. The van der Waals surface area contributed by atoms with Crippen molar-refractivity contribution in [2.45, 2.75) is 12.5 Å². The molecule has 2 amide bonds. The number of benzene rings is 1. The minimum atomic E-state index is -0.658. The Morgan fingerprint density at radius 3 is 2.69 bits per heavy atom. The number of ether oxygens (including phenoxy) is 3. The van der Waals surface area contributed by atoms with Gasteiger partial charge in [-0.1, -0.05) is 0 Å². The van der Waals surface area contributed by atoms with Crippen LogP contribution in [-0.4, -0.2) is 64.8 Å². The van der Waals surface area contributed by atoms with Crippen LogP contribution in [0.4, 0.5) is 5.69 Å². The third-order valence-electron chi connectivity index (χ3n) is 4.22. The van der Waals surface area contributed by atoms with Crippen molar-refractivity contribution in [3.63, 3.8) is 0 Å². The van der Waals surface area contributed by atoms with Crippen LogP contribution in [0, 0.1) is 0 Å². The van der Waals surface area contributed by atoms with Gasteiger partial charge in [-0.3, -0.25) is 14.4 Å². The van der Waals surface area contributed by atoms with Crippen LogP contribution in [0.1, 0.15) is 6.42 Å². The summed E-state index contributed by atoms with van der Waals surface area (Å²) < 4.78 is 15.0. The van der Waals surface area contributed by atoms with Crippen LogP contribution in [0.2, 0.25) is 0 Å². The molecule has 1 aliphatic heterocycles. The number of carbonyl (C=O) groups is 3. The molecule has 0 aromatic heterocycles. The molecular weight excluding hydrogens is 342 g/mol. The Bertz CT molecular complexity index is 678. The standard InChI is InChI=1S/C17H23N3O6/c1-24-11-4-5-14(25-2)12(8-11)19-15(21)10-20-7-6-18-17(23)13(20)9-16(22)26-3/h4-5,8,13H,6-7,9-10H2,1-3H3,(H,18,23)(H,19,21)/p+1/t13-/m1/s1. The van der Waals surface area contributed by atoms with E-state index in [4.69, 9.17) is 9.47 Å². The maximum Gasteiger partial charge on any atom is 0.312 e. The summed E-state index contributed by atoms with van der Waals surface area (Å²) >= 11 is 0. The molecule has 1 heterocycles. The molecule has 0 bridgehead atoms. The van der Waals surface area contributed by atoms with E-state index in [1.165, 1.54) is 21.3 Å². The van der Waals surface area contributed by atoms with Gasteiger partial charge in [0.25, 0.3) is 11.8 Å². The Morgan fingerprint density at radius 2 is 2.04 bits per heavy atom. The van der Waals surface area contributed by atoms with Crippen LogP contribution in [0.3, 0.4) is 0 Å². The molecule has 1 aliphatic rings. The van der Waals surface area contributed by atoms with Gasteiger partial charge >= 0.3 is 5.97 Å². The number of hydrogen-bond donors (Lipinski definition) is 3. The number of esters is 1. The van der Waals surface area contributed by atoms with Gasteiger partial charge in [-0.15, -0.1) is 0 Å². The van der Waals surface area contributed by atoms with Gasteiger partial charge in [0.15, 0.2) is 12.6 Å². The van der Waals surface area contributed by atoms with E-state index in [9.17, 15) is 14.4 Å². The third kappa shape index (κ3) is 4.85. The van der Waals surface area contributed by atoms with Crippen LogP contribution in [0.15, 0.2) is 18.2 Å². The van der Waals surface area contributed by atoms with Crippen LogP contribution in [-0.2, 0) is 19.1 Å². The molecule has 2 atom stereocenters. The predicted octanol–water partition coefficient (Wildman–Crippen LogP) is -1.41. The van der Waals surface area contributed by atoms with E-state index in [0.29, 0.717) is 35.2 Å². The van der Waals surface area contributed by atoms with Crippen molar-refractivity contribution < 1.29 is 33.5 Å². The number of quaternary nitrogens is 1. The lowest BCUT2D eigenvalue weighted by Crippen LogP contribution is -3.20. The molecule has 0 aliphatic carbocycles. The number of anilines is 1. The topological polar surface area (TPSA) is 107 Å². The lowest BCUT2D eigenvalue weighted by molar-refractivity contribution is -0.909. The van der Waals surface area contributed by atoms with E-state index in [-0.39, 0.29) is 24.8 Å². The van der Waals surface area contributed by atoms with E-state index in [2.05, 4.69) is 15.4 Å². The highest BCUT2D eigenvalue weighted by atomic mass is 16.5. The second kappa shape index (κ2) is 9.04. The molecule has 1 saturated heterocycles. The zero-order valence-electron chi connectivity index (χ0n) is 15.1. The highest BCUT2D eigenvalue weighted by Gasteiger charge is 2.36. The molecule has 26 heavy (non-hydrogen) atoms. The van der Waals surface area contributed by atoms with E-state index in [1.807, 2.05) is 0 Å². The van der Waals surface area contributed by atoms with Gasteiger partial charge in [-0.25, -0.2) is 0 Å². The van der Waals surface area contributed by atoms with Gasteiger partial charge in [-0.05, 0) is 12.1 Å². The smallest absolute Gasteiger partial charge is 0.312 e. The van der Waals surface area contributed by atoms with Gasteiger partial charge in [0.05, 0.1) is 40.1 Å². The Labute approximate surface area is 151 Å². The van der Waals surface area contributed by atoms with Gasteiger partial charge in [0.2, 0.25) is 0 Å². The van der Waals surface area contributed by atoms with Crippen LogP contribution in [0.25, 0.3) is 0 Å². The molecular formula is C17H24N3O6+.